The number of benzene rings is 2. The summed E-state index contributed by atoms with van der Waals surface area (Å²) in [5.74, 6) is 0.634. The second-order valence-electron chi connectivity index (χ2n) is 11.6. The lowest BCUT2D eigenvalue weighted by Gasteiger charge is -2.48. The molecule has 0 spiro atoms. The molecule has 0 atom stereocenters. The third-order valence-electron chi connectivity index (χ3n) is 8.25. The molecule has 2 heterocycles. The van der Waals surface area contributed by atoms with Crippen LogP contribution in [0.15, 0.2) is 54.6 Å². The van der Waals surface area contributed by atoms with Crippen molar-refractivity contribution in [1.82, 2.24) is 15.1 Å². The molecule has 1 fully saturated rings. The molecule has 7 nitrogen and oxygen atoms in total. The summed E-state index contributed by atoms with van der Waals surface area (Å²) < 4.78 is 0. The van der Waals surface area contributed by atoms with Crippen molar-refractivity contribution in [2.45, 2.75) is 69.9 Å². The maximum atomic E-state index is 13.4. The van der Waals surface area contributed by atoms with Gasteiger partial charge in [0.25, 0.3) is 0 Å². The van der Waals surface area contributed by atoms with Gasteiger partial charge >= 0.3 is 6.03 Å². The second kappa shape index (κ2) is 8.62. The van der Waals surface area contributed by atoms with Gasteiger partial charge in [-0.05, 0) is 49.9 Å². The van der Waals surface area contributed by atoms with E-state index in [-0.39, 0.29) is 17.0 Å². The van der Waals surface area contributed by atoms with Crippen molar-refractivity contribution in [3.05, 3.63) is 65.9 Å². The number of aromatic amines is 1. The van der Waals surface area contributed by atoms with Crippen molar-refractivity contribution >= 4 is 31.5 Å². The molecule has 1 aliphatic carbocycles. The van der Waals surface area contributed by atoms with Crippen LogP contribution in [-0.4, -0.2) is 35.1 Å². The zero-order valence-corrected chi connectivity index (χ0v) is 22.7. The van der Waals surface area contributed by atoms with Crippen molar-refractivity contribution in [2.75, 3.05) is 10.6 Å². The molecule has 188 valence electrons. The first kappa shape index (κ1) is 24.3. The summed E-state index contributed by atoms with van der Waals surface area (Å²) in [6, 6.07) is 17.8. The zero-order chi connectivity index (χ0) is 25.7. The fourth-order valence-electron chi connectivity index (χ4n) is 5.62. The Morgan fingerprint density at radius 1 is 0.972 bits per heavy atom. The Bertz CT molecular complexity index is 1300. The Hall–Kier alpha value is -3.39. The average molecular weight is 502 g/mol. The molecule has 2 aliphatic rings. The molecule has 3 aromatic rings. The predicted molar refractivity (Wildman–Crippen MR) is 147 cm³/mol. The van der Waals surface area contributed by atoms with Crippen LogP contribution in [0.4, 0.5) is 16.3 Å². The maximum absolute atomic E-state index is 13.4. The van der Waals surface area contributed by atoms with E-state index < -0.39 is 13.6 Å². The van der Waals surface area contributed by atoms with E-state index >= 15 is 0 Å². The van der Waals surface area contributed by atoms with Crippen LogP contribution in [-0.2, 0) is 16.9 Å². The van der Waals surface area contributed by atoms with Crippen LogP contribution in [0.25, 0.3) is 11.1 Å². The smallest absolute Gasteiger partial charge is 0.309 e. The Balaban J connectivity index is 1.34. The number of urea groups is 1. The SMILES string of the molecule is CC1(C)c2[nH]nc(NC(=O)C3([Si](C)(C)C)CCC3)c2CN1C(=O)Nc1cccc(-c2ccccc2)c1. The number of H-pyrrole nitrogens is 1. The van der Waals surface area contributed by atoms with Crippen LogP contribution in [0.5, 0.6) is 0 Å². The number of nitrogens with zero attached hydrogens (tertiary/aromatic N) is 2. The van der Waals surface area contributed by atoms with Gasteiger partial charge in [-0.1, -0.05) is 68.5 Å². The molecule has 1 saturated carbocycles. The van der Waals surface area contributed by atoms with Gasteiger partial charge in [0.2, 0.25) is 5.91 Å². The van der Waals surface area contributed by atoms with Gasteiger partial charge in [0.05, 0.1) is 25.9 Å². The molecule has 0 saturated heterocycles. The number of hydrogen-bond donors (Lipinski definition) is 3. The number of aromatic nitrogens is 2. The van der Waals surface area contributed by atoms with Crippen LogP contribution in [0.3, 0.4) is 0 Å². The lowest BCUT2D eigenvalue weighted by atomic mass is 9.83. The highest BCUT2D eigenvalue weighted by Crippen LogP contribution is 2.56. The third-order valence-corrected chi connectivity index (χ3v) is 11.8. The standard InChI is InChI=1S/C28H35N5O2Si/c1-27(2)23-22(24(32-31-23)30-25(34)28(15-10-16-28)36(3,4)5)18-33(27)26(35)29-21-14-9-13-20(17-21)19-11-7-6-8-12-19/h6-9,11-14,17H,10,15-16,18H2,1-5H3,(H,29,35)(H2,30,31,32,34). The van der Waals surface area contributed by atoms with Crippen molar-refractivity contribution in [1.29, 1.82) is 0 Å². The van der Waals surface area contributed by atoms with E-state index in [4.69, 9.17) is 0 Å². The van der Waals surface area contributed by atoms with Gasteiger partial charge in [-0.15, -0.1) is 0 Å². The van der Waals surface area contributed by atoms with E-state index in [1.807, 2.05) is 56.3 Å². The summed E-state index contributed by atoms with van der Waals surface area (Å²) in [5, 5.41) is 13.5. The Morgan fingerprint density at radius 3 is 2.31 bits per heavy atom. The van der Waals surface area contributed by atoms with E-state index in [2.05, 4.69) is 52.6 Å². The number of rotatable bonds is 5. The summed E-state index contributed by atoms with van der Waals surface area (Å²) >= 11 is 0. The average Bonchev–Trinajstić information content (AvgIpc) is 3.30. The fraction of sp³-hybridized carbons (Fsp3) is 0.393. The van der Waals surface area contributed by atoms with Gasteiger partial charge < -0.3 is 15.5 Å². The summed E-state index contributed by atoms with van der Waals surface area (Å²) in [7, 11) is -1.70. The molecule has 0 unspecified atom stereocenters. The molecule has 3 amide bonds. The normalized spacial score (nSPS) is 17.8. The highest BCUT2D eigenvalue weighted by atomic mass is 28.3. The second-order valence-corrected chi connectivity index (χ2v) is 17.0. The minimum Gasteiger partial charge on any atom is -0.309 e. The first-order chi connectivity index (χ1) is 17.0. The molecule has 8 heteroatoms. The van der Waals surface area contributed by atoms with E-state index in [1.54, 1.807) is 4.90 Å². The van der Waals surface area contributed by atoms with Gasteiger partial charge in [-0.25, -0.2) is 4.79 Å². The number of carbonyl (C=O) groups excluding carboxylic acids is 2. The van der Waals surface area contributed by atoms with Crippen LogP contribution in [0.2, 0.25) is 24.7 Å². The lowest BCUT2D eigenvalue weighted by Crippen LogP contribution is -2.52. The molecule has 5 rings (SSSR count). The lowest BCUT2D eigenvalue weighted by molar-refractivity contribution is -0.121. The van der Waals surface area contributed by atoms with Crippen molar-refractivity contribution in [3.8, 4) is 11.1 Å². The Kier molecular flexibility index (Phi) is 5.82. The topological polar surface area (TPSA) is 90.1 Å². The third kappa shape index (κ3) is 3.93. The fourth-order valence-corrected chi connectivity index (χ4v) is 8.22. The Labute approximate surface area is 213 Å². The van der Waals surface area contributed by atoms with Crippen molar-refractivity contribution in [3.63, 3.8) is 0 Å². The largest absolute Gasteiger partial charge is 0.322 e. The van der Waals surface area contributed by atoms with Gasteiger partial charge in [-0.2, -0.15) is 5.10 Å². The molecule has 36 heavy (non-hydrogen) atoms. The van der Waals surface area contributed by atoms with Crippen LogP contribution < -0.4 is 10.6 Å². The Morgan fingerprint density at radius 2 is 1.67 bits per heavy atom. The molecular formula is C28H35N5O2Si. The van der Waals surface area contributed by atoms with Crippen LogP contribution >= 0.6 is 0 Å². The van der Waals surface area contributed by atoms with E-state index in [0.29, 0.717) is 12.4 Å². The quantitative estimate of drug-likeness (QED) is 0.346. The number of carbonyl (C=O) groups is 2. The maximum Gasteiger partial charge on any atom is 0.322 e. The summed E-state index contributed by atoms with van der Waals surface area (Å²) in [4.78, 5) is 28.6. The number of anilines is 2. The van der Waals surface area contributed by atoms with Gasteiger partial charge in [0, 0.05) is 16.3 Å². The summed E-state index contributed by atoms with van der Waals surface area (Å²) in [5.41, 5.74) is 4.02. The van der Waals surface area contributed by atoms with Gasteiger partial charge in [-0.3, -0.25) is 9.89 Å². The number of amides is 3. The molecular weight excluding hydrogens is 466 g/mol. The molecule has 0 radical (unpaired) electrons. The molecule has 1 aliphatic heterocycles. The number of fused-ring (bicyclic) bond motifs is 1. The minimum atomic E-state index is -1.70. The van der Waals surface area contributed by atoms with Gasteiger partial charge in [0.15, 0.2) is 5.82 Å². The van der Waals surface area contributed by atoms with E-state index in [1.165, 1.54) is 0 Å². The monoisotopic (exact) mass is 501 g/mol. The highest BCUT2D eigenvalue weighted by molar-refractivity contribution is 6.83. The van der Waals surface area contributed by atoms with Crippen molar-refractivity contribution < 1.29 is 9.59 Å². The minimum absolute atomic E-state index is 0.0839. The van der Waals surface area contributed by atoms with E-state index in [0.717, 1.165) is 47.3 Å². The van der Waals surface area contributed by atoms with Crippen LogP contribution in [0, 0.1) is 0 Å². The summed E-state index contributed by atoms with van der Waals surface area (Å²) in [6.45, 7) is 11.2. The first-order valence-electron chi connectivity index (χ1n) is 12.7. The van der Waals surface area contributed by atoms with Gasteiger partial charge in [0.1, 0.15) is 0 Å². The molecule has 2 aromatic carbocycles. The molecule has 3 N–H and O–H groups in total. The van der Waals surface area contributed by atoms with Crippen LogP contribution in [0.1, 0.15) is 44.4 Å². The molecule has 1 aromatic heterocycles. The number of nitrogens with one attached hydrogen (secondary N) is 3. The first-order valence-corrected chi connectivity index (χ1v) is 16.2. The van der Waals surface area contributed by atoms with Crippen molar-refractivity contribution in [2.24, 2.45) is 0 Å². The number of hydrogen-bond acceptors (Lipinski definition) is 3. The zero-order valence-electron chi connectivity index (χ0n) is 21.7. The highest BCUT2D eigenvalue weighted by Gasteiger charge is 2.54. The predicted octanol–water partition coefficient (Wildman–Crippen LogP) is 6.56. The summed E-state index contributed by atoms with van der Waals surface area (Å²) in [6.07, 6.45) is 3.00. The molecule has 0 bridgehead atoms. The van der Waals surface area contributed by atoms with E-state index in [9.17, 15) is 9.59 Å².